The molecule has 0 aromatic heterocycles. The predicted octanol–water partition coefficient (Wildman–Crippen LogP) is 4.55. The van der Waals surface area contributed by atoms with Gasteiger partial charge in [-0.15, -0.1) is 0 Å². The molecular formula is C19H40N2. The zero-order valence-corrected chi connectivity index (χ0v) is 15.4. The molecule has 1 saturated carbocycles. The van der Waals surface area contributed by atoms with Crippen molar-refractivity contribution in [2.24, 2.45) is 17.3 Å². The summed E-state index contributed by atoms with van der Waals surface area (Å²) in [6.45, 7) is 14.2. The zero-order valence-electron chi connectivity index (χ0n) is 15.4. The van der Waals surface area contributed by atoms with Crippen LogP contribution in [0.2, 0.25) is 0 Å². The monoisotopic (exact) mass is 296 g/mol. The van der Waals surface area contributed by atoms with Crippen molar-refractivity contribution >= 4 is 0 Å². The van der Waals surface area contributed by atoms with E-state index in [0.29, 0.717) is 5.41 Å². The second-order valence-corrected chi connectivity index (χ2v) is 8.15. The molecule has 1 aliphatic carbocycles. The van der Waals surface area contributed by atoms with Gasteiger partial charge in [0.15, 0.2) is 0 Å². The van der Waals surface area contributed by atoms with Crippen molar-refractivity contribution < 1.29 is 0 Å². The molecule has 0 bridgehead atoms. The highest BCUT2D eigenvalue weighted by Gasteiger charge is 2.32. The highest BCUT2D eigenvalue weighted by Crippen LogP contribution is 2.35. The van der Waals surface area contributed by atoms with Gasteiger partial charge in [0.2, 0.25) is 0 Å². The molecule has 0 saturated heterocycles. The van der Waals surface area contributed by atoms with Crippen LogP contribution in [0.1, 0.15) is 72.6 Å². The molecule has 0 heterocycles. The number of hydrogen-bond acceptors (Lipinski definition) is 2. The maximum Gasteiger partial charge on any atom is 0.00472 e. The first kappa shape index (κ1) is 19.0. The van der Waals surface area contributed by atoms with E-state index in [-0.39, 0.29) is 0 Å². The Morgan fingerprint density at radius 2 is 1.67 bits per heavy atom. The third-order valence-electron chi connectivity index (χ3n) is 5.14. The first-order valence-corrected chi connectivity index (χ1v) is 9.36. The van der Waals surface area contributed by atoms with Crippen molar-refractivity contribution in [3.63, 3.8) is 0 Å². The molecule has 21 heavy (non-hydrogen) atoms. The fourth-order valence-corrected chi connectivity index (χ4v) is 3.79. The summed E-state index contributed by atoms with van der Waals surface area (Å²) in [5.41, 5.74) is 0.521. The summed E-state index contributed by atoms with van der Waals surface area (Å²) >= 11 is 0. The van der Waals surface area contributed by atoms with Gasteiger partial charge >= 0.3 is 0 Å². The lowest BCUT2D eigenvalue weighted by Crippen LogP contribution is -2.44. The van der Waals surface area contributed by atoms with Gasteiger partial charge in [-0.25, -0.2) is 0 Å². The summed E-state index contributed by atoms with van der Waals surface area (Å²) in [5.74, 6) is 1.58. The summed E-state index contributed by atoms with van der Waals surface area (Å²) in [6, 6.07) is 0. The van der Waals surface area contributed by atoms with Crippen molar-refractivity contribution in [2.45, 2.75) is 72.6 Å². The predicted molar refractivity (Wildman–Crippen MR) is 94.8 cm³/mol. The van der Waals surface area contributed by atoms with E-state index in [4.69, 9.17) is 0 Å². The van der Waals surface area contributed by atoms with Crippen molar-refractivity contribution in [3.05, 3.63) is 0 Å². The van der Waals surface area contributed by atoms with Gasteiger partial charge in [-0.05, 0) is 43.7 Å². The smallest absolute Gasteiger partial charge is 0.00472 e. The van der Waals surface area contributed by atoms with Crippen molar-refractivity contribution in [1.29, 1.82) is 0 Å². The molecule has 126 valence electrons. The van der Waals surface area contributed by atoms with Crippen LogP contribution in [-0.2, 0) is 0 Å². The van der Waals surface area contributed by atoms with E-state index in [1.807, 2.05) is 0 Å². The van der Waals surface area contributed by atoms with Gasteiger partial charge < -0.3 is 10.2 Å². The van der Waals surface area contributed by atoms with Crippen LogP contribution >= 0.6 is 0 Å². The fourth-order valence-electron chi connectivity index (χ4n) is 3.79. The molecular weight excluding hydrogens is 256 g/mol. The minimum atomic E-state index is 0.521. The van der Waals surface area contributed by atoms with Crippen LogP contribution in [0, 0.1) is 17.3 Å². The Labute approximate surface area is 134 Å². The minimum Gasteiger partial charge on any atom is -0.316 e. The van der Waals surface area contributed by atoms with Crippen LogP contribution in [0.25, 0.3) is 0 Å². The van der Waals surface area contributed by atoms with Crippen LogP contribution in [0.15, 0.2) is 0 Å². The van der Waals surface area contributed by atoms with Gasteiger partial charge in [0.05, 0.1) is 0 Å². The quantitative estimate of drug-likeness (QED) is 0.628. The molecule has 2 heteroatoms. The van der Waals surface area contributed by atoms with Gasteiger partial charge in [-0.2, -0.15) is 0 Å². The van der Waals surface area contributed by atoms with Crippen molar-refractivity contribution in [1.82, 2.24) is 10.2 Å². The molecule has 1 unspecified atom stereocenters. The Morgan fingerprint density at radius 1 is 1.05 bits per heavy atom. The molecule has 1 atom stereocenters. The average molecular weight is 297 g/mol. The Bertz CT molecular complexity index is 254. The Kier molecular flexibility index (Phi) is 8.89. The summed E-state index contributed by atoms with van der Waals surface area (Å²) in [6.07, 6.45) is 9.89. The lowest BCUT2D eigenvalue weighted by atomic mass is 9.79. The van der Waals surface area contributed by atoms with Crippen LogP contribution in [-0.4, -0.2) is 38.1 Å². The Balaban J connectivity index is 2.57. The van der Waals surface area contributed by atoms with Crippen LogP contribution in [0.5, 0.6) is 0 Å². The van der Waals surface area contributed by atoms with E-state index >= 15 is 0 Å². The Morgan fingerprint density at radius 3 is 2.19 bits per heavy atom. The summed E-state index contributed by atoms with van der Waals surface area (Å²) < 4.78 is 0. The van der Waals surface area contributed by atoms with E-state index in [1.165, 1.54) is 64.6 Å². The fraction of sp³-hybridized carbons (Fsp3) is 1.00. The van der Waals surface area contributed by atoms with Gasteiger partial charge in [0.1, 0.15) is 0 Å². The van der Waals surface area contributed by atoms with Gasteiger partial charge in [0.25, 0.3) is 0 Å². The standard InChI is InChI=1S/C19H40N2/c1-6-18(4)14-21(5)16-19(15-20-13-17(2)3)11-9-7-8-10-12-19/h17-18,20H,6-16H2,1-5H3. The number of nitrogens with zero attached hydrogens (tertiary/aromatic N) is 1. The number of hydrogen-bond donors (Lipinski definition) is 1. The first-order valence-electron chi connectivity index (χ1n) is 9.36. The van der Waals surface area contributed by atoms with Gasteiger partial charge in [-0.3, -0.25) is 0 Å². The highest BCUT2D eigenvalue weighted by atomic mass is 15.1. The molecule has 1 rings (SSSR count). The molecule has 0 aliphatic heterocycles. The van der Waals surface area contributed by atoms with Crippen LogP contribution in [0.4, 0.5) is 0 Å². The first-order chi connectivity index (χ1) is 9.97. The molecule has 0 spiro atoms. The second kappa shape index (κ2) is 9.84. The third kappa shape index (κ3) is 7.65. The van der Waals surface area contributed by atoms with E-state index in [0.717, 1.165) is 18.4 Å². The van der Waals surface area contributed by atoms with Crippen molar-refractivity contribution in [2.75, 3.05) is 33.2 Å². The number of rotatable bonds is 9. The van der Waals surface area contributed by atoms with E-state index in [9.17, 15) is 0 Å². The maximum absolute atomic E-state index is 3.77. The molecule has 1 N–H and O–H groups in total. The van der Waals surface area contributed by atoms with E-state index in [2.05, 4.69) is 45.0 Å². The SMILES string of the molecule is CCC(C)CN(C)CC1(CNCC(C)C)CCCCCC1. The number of nitrogens with one attached hydrogen (secondary N) is 1. The largest absolute Gasteiger partial charge is 0.316 e. The molecule has 2 nitrogen and oxygen atoms in total. The lowest BCUT2D eigenvalue weighted by Gasteiger charge is -2.38. The van der Waals surface area contributed by atoms with Crippen LogP contribution < -0.4 is 5.32 Å². The zero-order chi connectivity index (χ0) is 15.7. The average Bonchev–Trinajstić information content (AvgIpc) is 2.64. The summed E-state index contributed by atoms with van der Waals surface area (Å²) in [5, 5.41) is 3.77. The molecule has 0 aromatic rings. The normalized spacial score (nSPS) is 20.7. The summed E-state index contributed by atoms with van der Waals surface area (Å²) in [4.78, 5) is 2.61. The van der Waals surface area contributed by atoms with Crippen LogP contribution in [0.3, 0.4) is 0 Å². The van der Waals surface area contributed by atoms with Crippen molar-refractivity contribution in [3.8, 4) is 0 Å². The summed E-state index contributed by atoms with van der Waals surface area (Å²) in [7, 11) is 2.33. The molecule has 0 aromatic carbocycles. The minimum absolute atomic E-state index is 0.521. The highest BCUT2D eigenvalue weighted by molar-refractivity contribution is 4.86. The van der Waals surface area contributed by atoms with Gasteiger partial charge in [-0.1, -0.05) is 59.8 Å². The van der Waals surface area contributed by atoms with E-state index < -0.39 is 0 Å². The topological polar surface area (TPSA) is 15.3 Å². The maximum atomic E-state index is 3.77. The molecule has 1 aliphatic rings. The Hall–Kier alpha value is -0.0800. The lowest BCUT2D eigenvalue weighted by molar-refractivity contribution is 0.134. The van der Waals surface area contributed by atoms with Gasteiger partial charge in [0, 0.05) is 19.6 Å². The second-order valence-electron chi connectivity index (χ2n) is 8.15. The molecule has 0 radical (unpaired) electrons. The van der Waals surface area contributed by atoms with E-state index in [1.54, 1.807) is 0 Å². The molecule has 1 fully saturated rings. The third-order valence-corrected chi connectivity index (χ3v) is 5.14. The molecule has 0 amide bonds.